The van der Waals surface area contributed by atoms with E-state index in [2.05, 4.69) is 13.8 Å². The van der Waals surface area contributed by atoms with Crippen molar-refractivity contribution in [2.24, 2.45) is 5.73 Å². The van der Waals surface area contributed by atoms with Crippen molar-refractivity contribution in [3.05, 3.63) is 29.3 Å². The molecular formula is C10H14ClNS. The molecule has 0 spiro atoms. The van der Waals surface area contributed by atoms with Gasteiger partial charge in [-0.2, -0.15) is 0 Å². The molecule has 0 amide bonds. The first-order chi connectivity index (χ1) is 6.05. The molecule has 0 aliphatic rings. The van der Waals surface area contributed by atoms with E-state index in [0.29, 0.717) is 6.54 Å². The highest BCUT2D eigenvalue weighted by molar-refractivity contribution is 8.00. The van der Waals surface area contributed by atoms with E-state index in [4.69, 9.17) is 17.3 Å². The topological polar surface area (TPSA) is 26.0 Å². The van der Waals surface area contributed by atoms with Crippen molar-refractivity contribution >= 4 is 23.4 Å². The molecule has 0 heterocycles. The molecule has 0 saturated heterocycles. The summed E-state index contributed by atoms with van der Waals surface area (Å²) >= 11 is 7.74. The Kier molecular flexibility index (Phi) is 3.65. The monoisotopic (exact) mass is 215 g/mol. The highest BCUT2D eigenvalue weighted by atomic mass is 35.5. The Labute approximate surface area is 88.7 Å². The second kappa shape index (κ2) is 4.36. The average molecular weight is 216 g/mol. The second-order valence-electron chi connectivity index (χ2n) is 3.50. The molecule has 72 valence electrons. The van der Waals surface area contributed by atoms with Crippen LogP contribution in [0.5, 0.6) is 0 Å². The number of nitrogens with two attached hydrogens (primary N) is 1. The first kappa shape index (κ1) is 10.9. The van der Waals surface area contributed by atoms with Gasteiger partial charge in [0.2, 0.25) is 0 Å². The zero-order valence-electron chi connectivity index (χ0n) is 7.88. The largest absolute Gasteiger partial charge is 0.329 e. The Hall–Kier alpha value is -0.180. The van der Waals surface area contributed by atoms with E-state index in [9.17, 15) is 0 Å². The third kappa shape index (κ3) is 3.22. The Bertz CT molecular complexity index is 286. The van der Waals surface area contributed by atoms with Crippen molar-refractivity contribution in [1.82, 2.24) is 0 Å². The summed E-state index contributed by atoms with van der Waals surface area (Å²) in [5, 5.41) is 0.800. The lowest BCUT2D eigenvalue weighted by atomic mass is 10.2. The summed E-state index contributed by atoms with van der Waals surface area (Å²) in [6, 6.07) is 7.84. The molecule has 0 fully saturated rings. The molecule has 0 atom stereocenters. The van der Waals surface area contributed by atoms with Crippen LogP contribution in [0.4, 0.5) is 0 Å². The standard InChI is InChI=1S/C10H14ClNS/c1-10(2,7-12)13-9-6-4-3-5-8(9)11/h3-6H,7,12H2,1-2H3. The fourth-order valence-electron chi connectivity index (χ4n) is 0.867. The fraction of sp³-hybridized carbons (Fsp3) is 0.400. The van der Waals surface area contributed by atoms with Crippen molar-refractivity contribution in [3.63, 3.8) is 0 Å². The first-order valence-electron chi connectivity index (χ1n) is 4.19. The third-order valence-corrected chi connectivity index (χ3v) is 3.45. The van der Waals surface area contributed by atoms with Gasteiger partial charge in [0.1, 0.15) is 0 Å². The Morgan fingerprint density at radius 1 is 1.38 bits per heavy atom. The van der Waals surface area contributed by atoms with E-state index < -0.39 is 0 Å². The zero-order chi connectivity index (χ0) is 9.90. The lowest BCUT2D eigenvalue weighted by molar-refractivity contribution is 0.723. The minimum atomic E-state index is 0.0466. The molecule has 1 nitrogen and oxygen atoms in total. The van der Waals surface area contributed by atoms with Gasteiger partial charge >= 0.3 is 0 Å². The lowest BCUT2D eigenvalue weighted by Crippen LogP contribution is -2.26. The zero-order valence-corrected chi connectivity index (χ0v) is 9.45. The van der Waals surface area contributed by atoms with Crippen molar-refractivity contribution in [2.75, 3.05) is 6.54 Å². The molecule has 2 N–H and O–H groups in total. The van der Waals surface area contributed by atoms with Crippen molar-refractivity contribution in [2.45, 2.75) is 23.5 Å². The fourth-order valence-corrected chi connectivity index (χ4v) is 2.11. The normalized spacial score (nSPS) is 11.7. The maximum absolute atomic E-state index is 6.03. The minimum Gasteiger partial charge on any atom is -0.329 e. The van der Waals surface area contributed by atoms with Crippen LogP contribution in [0.3, 0.4) is 0 Å². The molecule has 0 unspecified atom stereocenters. The maximum Gasteiger partial charge on any atom is 0.0542 e. The SMILES string of the molecule is CC(C)(CN)Sc1ccccc1Cl. The first-order valence-corrected chi connectivity index (χ1v) is 5.38. The summed E-state index contributed by atoms with van der Waals surface area (Å²) in [7, 11) is 0. The molecular weight excluding hydrogens is 202 g/mol. The molecule has 0 aliphatic heterocycles. The predicted molar refractivity (Wildman–Crippen MR) is 60.4 cm³/mol. The lowest BCUT2D eigenvalue weighted by Gasteiger charge is -2.21. The molecule has 0 saturated carbocycles. The smallest absolute Gasteiger partial charge is 0.0542 e. The molecule has 3 heteroatoms. The molecule has 1 rings (SSSR count). The van der Waals surface area contributed by atoms with Gasteiger partial charge in [0.05, 0.1) is 5.02 Å². The number of rotatable bonds is 3. The highest BCUT2D eigenvalue weighted by Crippen LogP contribution is 2.35. The quantitative estimate of drug-likeness (QED) is 0.784. The van der Waals surface area contributed by atoms with Gasteiger partial charge in [0.25, 0.3) is 0 Å². The number of thioether (sulfide) groups is 1. The van der Waals surface area contributed by atoms with E-state index in [1.54, 1.807) is 11.8 Å². The van der Waals surface area contributed by atoms with E-state index in [1.807, 2.05) is 24.3 Å². The summed E-state index contributed by atoms with van der Waals surface area (Å²) in [6.45, 7) is 4.87. The molecule has 1 aromatic carbocycles. The number of halogens is 1. The Morgan fingerprint density at radius 3 is 2.54 bits per heavy atom. The van der Waals surface area contributed by atoms with Crippen LogP contribution in [-0.4, -0.2) is 11.3 Å². The van der Waals surface area contributed by atoms with Gasteiger partial charge in [-0.3, -0.25) is 0 Å². The van der Waals surface area contributed by atoms with Gasteiger partial charge in [-0.05, 0) is 26.0 Å². The highest BCUT2D eigenvalue weighted by Gasteiger charge is 2.18. The molecule has 1 aromatic rings. The van der Waals surface area contributed by atoms with E-state index in [-0.39, 0.29) is 4.75 Å². The molecule has 13 heavy (non-hydrogen) atoms. The van der Waals surface area contributed by atoms with Crippen LogP contribution in [0.1, 0.15) is 13.8 Å². The molecule has 0 bridgehead atoms. The summed E-state index contributed by atoms with van der Waals surface area (Å²) in [4.78, 5) is 1.10. The van der Waals surface area contributed by atoms with E-state index >= 15 is 0 Å². The van der Waals surface area contributed by atoms with E-state index in [0.717, 1.165) is 9.92 Å². The molecule has 0 aliphatic carbocycles. The summed E-state index contributed by atoms with van der Waals surface area (Å²) in [5.41, 5.74) is 5.64. The average Bonchev–Trinajstić information content (AvgIpc) is 2.09. The van der Waals surface area contributed by atoms with Crippen LogP contribution in [0, 0.1) is 0 Å². The van der Waals surface area contributed by atoms with Crippen LogP contribution in [0.2, 0.25) is 5.02 Å². The summed E-state index contributed by atoms with van der Waals surface area (Å²) in [5.74, 6) is 0. The maximum atomic E-state index is 6.03. The van der Waals surface area contributed by atoms with Crippen LogP contribution in [0.15, 0.2) is 29.2 Å². The Balaban J connectivity index is 2.80. The third-order valence-electron chi connectivity index (χ3n) is 1.71. The van der Waals surface area contributed by atoms with Gasteiger partial charge in [0, 0.05) is 16.2 Å². The number of hydrogen-bond acceptors (Lipinski definition) is 2. The predicted octanol–water partition coefficient (Wildman–Crippen LogP) is 3.17. The van der Waals surface area contributed by atoms with Crippen molar-refractivity contribution in [1.29, 1.82) is 0 Å². The van der Waals surface area contributed by atoms with Gasteiger partial charge in [0.15, 0.2) is 0 Å². The van der Waals surface area contributed by atoms with Gasteiger partial charge in [-0.15, -0.1) is 11.8 Å². The van der Waals surface area contributed by atoms with Gasteiger partial charge in [-0.25, -0.2) is 0 Å². The summed E-state index contributed by atoms with van der Waals surface area (Å²) < 4.78 is 0.0466. The summed E-state index contributed by atoms with van der Waals surface area (Å²) in [6.07, 6.45) is 0. The van der Waals surface area contributed by atoms with Crippen LogP contribution < -0.4 is 5.73 Å². The number of hydrogen-bond donors (Lipinski definition) is 1. The Morgan fingerprint density at radius 2 is 2.00 bits per heavy atom. The number of benzene rings is 1. The molecule has 0 radical (unpaired) electrons. The van der Waals surface area contributed by atoms with Crippen LogP contribution in [0.25, 0.3) is 0 Å². The van der Waals surface area contributed by atoms with Crippen LogP contribution in [-0.2, 0) is 0 Å². The minimum absolute atomic E-state index is 0.0466. The molecule has 0 aromatic heterocycles. The van der Waals surface area contributed by atoms with Crippen molar-refractivity contribution in [3.8, 4) is 0 Å². The van der Waals surface area contributed by atoms with Gasteiger partial charge in [-0.1, -0.05) is 23.7 Å². The van der Waals surface area contributed by atoms with Crippen LogP contribution >= 0.6 is 23.4 Å². The van der Waals surface area contributed by atoms with Gasteiger partial charge < -0.3 is 5.73 Å². The van der Waals surface area contributed by atoms with E-state index in [1.165, 1.54) is 0 Å². The second-order valence-corrected chi connectivity index (χ2v) is 5.65. The van der Waals surface area contributed by atoms with Crippen molar-refractivity contribution < 1.29 is 0 Å².